The molecule has 9 heteroatoms. The number of carbonyl (C=O) groups excluding carboxylic acids is 2. The fourth-order valence-corrected chi connectivity index (χ4v) is 4.83. The summed E-state index contributed by atoms with van der Waals surface area (Å²) in [5.41, 5.74) is 3.28. The van der Waals surface area contributed by atoms with Crippen LogP contribution in [0.25, 0.3) is 0 Å². The van der Waals surface area contributed by atoms with Crippen molar-refractivity contribution in [1.29, 1.82) is 0 Å². The van der Waals surface area contributed by atoms with E-state index in [9.17, 15) is 14.0 Å². The summed E-state index contributed by atoms with van der Waals surface area (Å²) in [5, 5.41) is 8.21. The van der Waals surface area contributed by atoms with Gasteiger partial charge < -0.3 is 15.4 Å². The number of carbonyl (C=O) groups is 2. The van der Waals surface area contributed by atoms with Crippen molar-refractivity contribution in [2.45, 2.75) is 31.7 Å². The van der Waals surface area contributed by atoms with Crippen LogP contribution in [0.15, 0.2) is 18.2 Å². The Kier molecular flexibility index (Phi) is 6.75. The van der Waals surface area contributed by atoms with E-state index >= 15 is 0 Å². The number of hydrazine groups is 1. The van der Waals surface area contributed by atoms with E-state index in [-0.39, 0.29) is 41.2 Å². The van der Waals surface area contributed by atoms with Crippen molar-refractivity contribution in [2.24, 2.45) is 17.8 Å². The number of hydrogen-bond donors (Lipinski definition) is 3. The molecular weight excluding hydrogens is 411 g/mol. The Labute approximate surface area is 180 Å². The Morgan fingerprint density at radius 3 is 2.83 bits per heavy atom. The third-order valence-corrected chi connectivity index (χ3v) is 6.73. The fourth-order valence-electron chi connectivity index (χ4n) is 4.71. The van der Waals surface area contributed by atoms with Crippen molar-refractivity contribution in [3.8, 4) is 5.75 Å². The number of rotatable bonds is 8. The molecule has 164 valence electrons. The zero-order chi connectivity index (χ0) is 21.1. The van der Waals surface area contributed by atoms with Gasteiger partial charge in [0.05, 0.1) is 5.02 Å². The van der Waals surface area contributed by atoms with Crippen LogP contribution in [0.1, 0.15) is 25.7 Å². The molecule has 1 heterocycles. The normalized spacial score (nSPS) is 27.9. The van der Waals surface area contributed by atoms with E-state index in [1.807, 2.05) is 0 Å². The molecule has 0 unspecified atom stereocenters. The number of amides is 2. The molecule has 3 saturated carbocycles. The minimum atomic E-state index is -0.586. The number of ether oxygens (including phenoxy) is 1. The second-order valence-electron chi connectivity index (χ2n) is 8.41. The fraction of sp³-hybridized carbons (Fsp3) is 0.619. The molecule has 3 aliphatic carbocycles. The van der Waals surface area contributed by atoms with Crippen LogP contribution in [-0.2, 0) is 9.59 Å². The molecule has 4 aliphatic rings. The molecule has 0 spiro atoms. The summed E-state index contributed by atoms with van der Waals surface area (Å²) >= 11 is 5.65. The van der Waals surface area contributed by atoms with Gasteiger partial charge in [-0.05, 0) is 49.7 Å². The molecule has 2 atom stereocenters. The number of benzene rings is 1. The zero-order valence-corrected chi connectivity index (χ0v) is 17.6. The van der Waals surface area contributed by atoms with E-state index < -0.39 is 5.82 Å². The summed E-state index contributed by atoms with van der Waals surface area (Å²) in [5.74, 6) is 0.273. The summed E-state index contributed by atoms with van der Waals surface area (Å²) in [7, 11) is 0. The first-order chi connectivity index (χ1) is 14.5. The van der Waals surface area contributed by atoms with Crippen LogP contribution in [0.4, 0.5) is 4.39 Å². The molecule has 1 aliphatic heterocycles. The van der Waals surface area contributed by atoms with Crippen LogP contribution in [0.2, 0.25) is 5.02 Å². The Morgan fingerprint density at radius 1 is 1.27 bits per heavy atom. The first-order valence-corrected chi connectivity index (χ1v) is 11.0. The lowest BCUT2D eigenvalue weighted by Gasteiger charge is -2.50. The monoisotopic (exact) mass is 438 g/mol. The molecule has 0 aromatic heterocycles. The Hall–Kier alpha value is -1.90. The van der Waals surface area contributed by atoms with Gasteiger partial charge in [0.15, 0.2) is 6.61 Å². The highest BCUT2D eigenvalue weighted by molar-refractivity contribution is 6.30. The Balaban J connectivity index is 1.21. The number of fused-ring (bicyclic) bond motifs is 2. The third kappa shape index (κ3) is 5.04. The van der Waals surface area contributed by atoms with E-state index in [4.69, 9.17) is 16.3 Å². The van der Waals surface area contributed by atoms with Crippen LogP contribution in [0.5, 0.6) is 5.75 Å². The number of hydrogen-bond acceptors (Lipinski definition) is 5. The first kappa shape index (κ1) is 21.3. The van der Waals surface area contributed by atoms with Gasteiger partial charge in [-0.3, -0.25) is 15.0 Å². The maximum absolute atomic E-state index is 13.5. The van der Waals surface area contributed by atoms with E-state index in [1.165, 1.54) is 12.1 Å². The van der Waals surface area contributed by atoms with Gasteiger partial charge in [0, 0.05) is 44.2 Å². The summed E-state index contributed by atoms with van der Waals surface area (Å²) in [4.78, 5) is 25.0. The van der Waals surface area contributed by atoms with Crippen molar-refractivity contribution in [3.05, 3.63) is 29.0 Å². The minimum absolute atomic E-state index is 0.00885. The highest BCUT2D eigenvalue weighted by Crippen LogP contribution is 2.49. The predicted molar refractivity (Wildman–Crippen MR) is 110 cm³/mol. The first-order valence-electron chi connectivity index (χ1n) is 10.6. The molecular formula is C21H28ClFN4O3. The van der Waals surface area contributed by atoms with Crippen molar-refractivity contribution >= 4 is 23.4 Å². The summed E-state index contributed by atoms with van der Waals surface area (Å²) in [6.07, 6.45) is 3.74. The quantitative estimate of drug-likeness (QED) is 0.575. The van der Waals surface area contributed by atoms with Gasteiger partial charge in [-0.2, -0.15) is 0 Å². The third-order valence-electron chi connectivity index (χ3n) is 6.42. The topological polar surface area (TPSA) is 82.7 Å². The second-order valence-corrected chi connectivity index (χ2v) is 8.82. The average molecular weight is 439 g/mol. The molecule has 1 aromatic carbocycles. The molecule has 1 saturated heterocycles. The number of nitrogens with zero attached hydrogens (tertiary/aromatic N) is 1. The van der Waals surface area contributed by atoms with Crippen molar-refractivity contribution in [2.75, 3.05) is 32.8 Å². The molecule has 2 amide bonds. The number of halogens is 2. The Bertz CT molecular complexity index is 784. The average Bonchev–Trinajstić information content (AvgIpc) is 3.21. The molecule has 2 bridgehead atoms. The SMILES string of the molecule is O=C(COc1ccc(Cl)c(F)c1)N[C@@H]1C[C@H](C(=O)NCCN2CCCN2)C2CC1C2. The van der Waals surface area contributed by atoms with E-state index in [2.05, 4.69) is 21.1 Å². The van der Waals surface area contributed by atoms with Gasteiger partial charge in [0.2, 0.25) is 5.91 Å². The van der Waals surface area contributed by atoms with E-state index in [0.29, 0.717) is 24.8 Å². The molecule has 1 aromatic rings. The molecule has 7 nitrogen and oxygen atoms in total. The minimum Gasteiger partial charge on any atom is -0.484 e. The molecule has 30 heavy (non-hydrogen) atoms. The second kappa shape index (κ2) is 9.49. The summed E-state index contributed by atoms with van der Waals surface area (Å²) in [6.45, 7) is 3.24. The predicted octanol–water partition coefficient (Wildman–Crippen LogP) is 1.72. The summed E-state index contributed by atoms with van der Waals surface area (Å²) in [6, 6.07) is 4.05. The van der Waals surface area contributed by atoms with E-state index in [1.54, 1.807) is 0 Å². The van der Waals surface area contributed by atoms with E-state index in [0.717, 1.165) is 45.0 Å². The standard InChI is InChI=1S/C21H28ClFN4O3/c22-17-3-2-15(10-18(17)23)30-12-20(28)26-19-11-16(13-8-14(19)9-13)21(29)24-5-7-27-6-1-4-25-27/h2-3,10,13-14,16,19,25H,1,4-9,11-12H2,(H,24,29)(H,26,28)/t13?,14?,16-,19+/m0/s1. The van der Waals surface area contributed by atoms with Gasteiger partial charge in [-0.25, -0.2) is 9.40 Å². The van der Waals surface area contributed by atoms with Crippen LogP contribution < -0.4 is 20.8 Å². The van der Waals surface area contributed by atoms with Crippen LogP contribution in [0.3, 0.4) is 0 Å². The largest absolute Gasteiger partial charge is 0.484 e. The van der Waals surface area contributed by atoms with Crippen LogP contribution in [-0.4, -0.2) is 55.7 Å². The number of nitrogens with one attached hydrogen (secondary N) is 3. The molecule has 4 fully saturated rings. The molecule has 5 rings (SSSR count). The lowest BCUT2D eigenvalue weighted by atomic mass is 9.57. The van der Waals surface area contributed by atoms with Crippen molar-refractivity contribution in [1.82, 2.24) is 21.1 Å². The van der Waals surface area contributed by atoms with Gasteiger partial charge in [0.25, 0.3) is 5.91 Å². The van der Waals surface area contributed by atoms with Gasteiger partial charge in [0.1, 0.15) is 11.6 Å². The Morgan fingerprint density at radius 2 is 2.10 bits per heavy atom. The lowest BCUT2D eigenvalue weighted by molar-refractivity contribution is -0.136. The molecule has 3 N–H and O–H groups in total. The highest BCUT2D eigenvalue weighted by Gasteiger charge is 2.48. The van der Waals surface area contributed by atoms with Crippen molar-refractivity contribution < 1.29 is 18.7 Å². The van der Waals surface area contributed by atoms with Gasteiger partial charge in [-0.1, -0.05) is 11.6 Å². The van der Waals surface area contributed by atoms with Crippen molar-refractivity contribution in [3.63, 3.8) is 0 Å². The zero-order valence-electron chi connectivity index (χ0n) is 16.8. The lowest BCUT2D eigenvalue weighted by Crippen LogP contribution is -2.57. The maximum atomic E-state index is 13.5. The van der Waals surface area contributed by atoms with Crippen LogP contribution >= 0.6 is 11.6 Å². The maximum Gasteiger partial charge on any atom is 0.258 e. The highest BCUT2D eigenvalue weighted by atomic mass is 35.5. The van der Waals surface area contributed by atoms with Gasteiger partial charge >= 0.3 is 0 Å². The summed E-state index contributed by atoms with van der Waals surface area (Å²) < 4.78 is 18.8. The molecule has 0 radical (unpaired) electrons. The smallest absolute Gasteiger partial charge is 0.258 e. The van der Waals surface area contributed by atoms with Crippen LogP contribution in [0, 0.1) is 23.6 Å². The van der Waals surface area contributed by atoms with Gasteiger partial charge in [-0.15, -0.1) is 0 Å².